The highest BCUT2D eigenvalue weighted by Crippen LogP contribution is 2.24. The Kier molecular flexibility index (Phi) is 9.62. The first kappa shape index (κ1) is 32.7. The van der Waals surface area contributed by atoms with Gasteiger partial charge in [-0.15, -0.1) is 0 Å². The average molecular weight is 663 g/mol. The number of likely N-dealkylation sites (tertiary alicyclic amines) is 1. The van der Waals surface area contributed by atoms with Crippen molar-refractivity contribution in [2.24, 2.45) is 0 Å². The zero-order chi connectivity index (χ0) is 33.1. The van der Waals surface area contributed by atoms with E-state index in [1.165, 1.54) is 19.4 Å². The van der Waals surface area contributed by atoms with Crippen LogP contribution in [-0.4, -0.2) is 93.6 Å². The number of ether oxygens (including phenoxy) is 1. The molecule has 2 aliphatic heterocycles. The summed E-state index contributed by atoms with van der Waals surface area (Å²) < 4.78 is 48.4. The standard InChI is InChI=1S/C35H39FN4O6S/c1-45-31-10-5-25(19-30(31)36)23-38-13-11-28(12-14-38)37-34(41)33-20-26-6-7-27(21-32(26)46-33)35(42)40-17-15-39(16-18-40)22-24-3-8-29(9-4-24)47(2,43)44/h3-10,19-21,28H,11-18,22-23H2,1-2H3,(H,37,41). The van der Waals surface area contributed by atoms with Gasteiger partial charge < -0.3 is 19.4 Å². The van der Waals surface area contributed by atoms with E-state index in [0.717, 1.165) is 42.4 Å². The molecule has 1 aromatic heterocycles. The number of nitrogens with one attached hydrogen (secondary N) is 1. The lowest BCUT2D eigenvalue weighted by molar-refractivity contribution is 0.0628. The molecule has 12 heteroatoms. The molecule has 248 valence electrons. The van der Waals surface area contributed by atoms with Crippen LogP contribution in [0.15, 0.2) is 76.0 Å². The summed E-state index contributed by atoms with van der Waals surface area (Å²) in [5.74, 6) is -0.308. The number of hydrogen-bond acceptors (Lipinski definition) is 8. The number of fused-ring (bicyclic) bond motifs is 1. The van der Waals surface area contributed by atoms with Crippen molar-refractivity contribution in [3.63, 3.8) is 0 Å². The highest BCUT2D eigenvalue weighted by atomic mass is 32.2. The first-order valence-electron chi connectivity index (χ1n) is 15.8. The summed E-state index contributed by atoms with van der Waals surface area (Å²) in [4.78, 5) is 33.0. The normalized spacial score (nSPS) is 16.8. The summed E-state index contributed by atoms with van der Waals surface area (Å²) in [6.45, 7) is 5.40. The molecule has 3 aromatic carbocycles. The van der Waals surface area contributed by atoms with Crippen molar-refractivity contribution >= 4 is 32.6 Å². The van der Waals surface area contributed by atoms with Crippen molar-refractivity contribution in [3.8, 4) is 5.75 Å². The summed E-state index contributed by atoms with van der Waals surface area (Å²) in [6, 6.07) is 18.9. The number of methoxy groups -OCH3 is 1. The van der Waals surface area contributed by atoms with Crippen molar-refractivity contribution in [3.05, 3.63) is 95.0 Å². The Labute approximate surface area is 274 Å². The number of benzene rings is 3. The Hall–Kier alpha value is -4.26. The molecule has 2 amide bonds. The zero-order valence-electron chi connectivity index (χ0n) is 26.6. The minimum absolute atomic E-state index is 0.00206. The molecule has 0 atom stereocenters. The number of piperazine rings is 1. The molecule has 0 bridgehead atoms. The molecule has 1 N–H and O–H groups in total. The molecule has 0 aliphatic carbocycles. The smallest absolute Gasteiger partial charge is 0.287 e. The van der Waals surface area contributed by atoms with E-state index in [2.05, 4.69) is 15.1 Å². The molecule has 2 aliphatic rings. The van der Waals surface area contributed by atoms with Crippen LogP contribution in [0.2, 0.25) is 0 Å². The summed E-state index contributed by atoms with van der Waals surface area (Å²) in [7, 11) is -1.78. The van der Waals surface area contributed by atoms with Gasteiger partial charge in [-0.05, 0) is 66.4 Å². The van der Waals surface area contributed by atoms with Crippen molar-refractivity contribution in [1.82, 2.24) is 20.0 Å². The lowest BCUT2D eigenvalue weighted by Crippen LogP contribution is -2.48. The number of nitrogens with zero attached hydrogens (tertiary/aromatic N) is 3. The van der Waals surface area contributed by atoms with Crippen LogP contribution in [-0.2, 0) is 22.9 Å². The van der Waals surface area contributed by atoms with Gasteiger partial charge in [-0.2, -0.15) is 0 Å². The van der Waals surface area contributed by atoms with Gasteiger partial charge in [0.2, 0.25) is 0 Å². The number of amides is 2. The van der Waals surface area contributed by atoms with E-state index in [4.69, 9.17) is 9.15 Å². The second-order valence-electron chi connectivity index (χ2n) is 12.3. The maximum Gasteiger partial charge on any atom is 0.287 e. The summed E-state index contributed by atoms with van der Waals surface area (Å²) in [5.41, 5.74) is 2.89. The summed E-state index contributed by atoms with van der Waals surface area (Å²) >= 11 is 0. The molecule has 4 aromatic rings. The third-order valence-corrected chi connectivity index (χ3v) is 10.1. The maximum absolute atomic E-state index is 14.1. The lowest BCUT2D eigenvalue weighted by atomic mass is 10.0. The van der Waals surface area contributed by atoms with Crippen molar-refractivity contribution < 1.29 is 31.6 Å². The number of carbonyl (C=O) groups excluding carboxylic acids is 2. The molecule has 47 heavy (non-hydrogen) atoms. The zero-order valence-corrected chi connectivity index (χ0v) is 27.4. The van der Waals surface area contributed by atoms with Crippen LogP contribution in [0.1, 0.15) is 44.9 Å². The van der Waals surface area contributed by atoms with Gasteiger partial charge in [0.05, 0.1) is 12.0 Å². The topological polar surface area (TPSA) is 112 Å². The predicted molar refractivity (Wildman–Crippen MR) is 176 cm³/mol. The first-order valence-corrected chi connectivity index (χ1v) is 17.6. The van der Waals surface area contributed by atoms with Crippen LogP contribution in [0.3, 0.4) is 0 Å². The van der Waals surface area contributed by atoms with Crippen LogP contribution in [0.4, 0.5) is 4.39 Å². The Bertz CT molecular complexity index is 1860. The third kappa shape index (κ3) is 7.83. The van der Waals surface area contributed by atoms with E-state index in [-0.39, 0.29) is 35.2 Å². The van der Waals surface area contributed by atoms with Crippen LogP contribution in [0.5, 0.6) is 5.75 Å². The Morgan fingerprint density at radius 2 is 1.53 bits per heavy atom. The molecular formula is C35H39FN4O6S. The number of piperidine rings is 1. The molecule has 0 radical (unpaired) electrons. The van der Waals surface area contributed by atoms with Gasteiger partial charge in [0.15, 0.2) is 27.2 Å². The molecule has 10 nitrogen and oxygen atoms in total. The fourth-order valence-corrected chi connectivity index (χ4v) is 6.86. The molecular weight excluding hydrogens is 623 g/mol. The average Bonchev–Trinajstić information content (AvgIpc) is 3.50. The molecule has 3 heterocycles. The lowest BCUT2D eigenvalue weighted by Gasteiger charge is -2.34. The van der Waals surface area contributed by atoms with Crippen LogP contribution in [0, 0.1) is 5.82 Å². The second-order valence-corrected chi connectivity index (χ2v) is 14.4. The largest absolute Gasteiger partial charge is 0.494 e. The molecule has 0 unspecified atom stereocenters. The van der Waals surface area contributed by atoms with Crippen LogP contribution >= 0.6 is 0 Å². The number of halogens is 1. The minimum atomic E-state index is -3.23. The van der Waals surface area contributed by atoms with Gasteiger partial charge in [0, 0.05) is 75.6 Å². The van der Waals surface area contributed by atoms with E-state index < -0.39 is 9.84 Å². The molecule has 2 saturated heterocycles. The monoisotopic (exact) mass is 662 g/mol. The Morgan fingerprint density at radius 3 is 2.19 bits per heavy atom. The highest BCUT2D eigenvalue weighted by Gasteiger charge is 2.25. The first-order chi connectivity index (χ1) is 22.6. The Morgan fingerprint density at radius 1 is 0.872 bits per heavy atom. The van der Waals surface area contributed by atoms with Gasteiger partial charge in [-0.3, -0.25) is 19.4 Å². The molecule has 6 rings (SSSR count). The number of sulfone groups is 1. The minimum Gasteiger partial charge on any atom is -0.494 e. The van der Waals surface area contributed by atoms with Crippen LogP contribution in [0.25, 0.3) is 11.0 Å². The molecule has 2 fully saturated rings. The van der Waals surface area contributed by atoms with Gasteiger partial charge in [-0.1, -0.05) is 24.3 Å². The number of furan rings is 1. The number of hydrogen-bond donors (Lipinski definition) is 1. The fourth-order valence-electron chi connectivity index (χ4n) is 6.23. The highest BCUT2D eigenvalue weighted by molar-refractivity contribution is 7.90. The van der Waals surface area contributed by atoms with Gasteiger partial charge in [0.1, 0.15) is 5.58 Å². The van der Waals surface area contributed by atoms with E-state index >= 15 is 0 Å². The molecule has 0 saturated carbocycles. The van der Waals surface area contributed by atoms with E-state index in [1.54, 1.807) is 42.5 Å². The third-order valence-electron chi connectivity index (χ3n) is 8.95. The van der Waals surface area contributed by atoms with Gasteiger partial charge in [0.25, 0.3) is 11.8 Å². The van der Waals surface area contributed by atoms with Gasteiger partial charge >= 0.3 is 0 Å². The summed E-state index contributed by atoms with van der Waals surface area (Å²) in [5, 5.41) is 3.83. The van der Waals surface area contributed by atoms with Crippen molar-refractivity contribution in [2.45, 2.75) is 36.9 Å². The second kappa shape index (κ2) is 13.8. The fraction of sp³-hybridized carbons (Fsp3) is 0.371. The van der Waals surface area contributed by atoms with E-state index in [0.29, 0.717) is 55.3 Å². The maximum atomic E-state index is 14.1. The van der Waals surface area contributed by atoms with E-state index in [1.807, 2.05) is 23.1 Å². The SMILES string of the molecule is COc1ccc(CN2CCC(NC(=O)c3cc4ccc(C(=O)N5CCN(Cc6ccc(S(C)(=O)=O)cc6)CC5)cc4o3)CC2)cc1F. The summed E-state index contributed by atoms with van der Waals surface area (Å²) in [6.07, 6.45) is 2.74. The number of rotatable bonds is 9. The quantitative estimate of drug-likeness (QED) is 0.282. The Balaban J connectivity index is 0.987. The van der Waals surface area contributed by atoms with Gasteiger partial charge in [-0.25, -0.2) is 12.8 Å². The van der Waals surface area contributed by atoms with Crippen molar-refractivity contribution in [1.29, 1.82) is 0 Å². The number of carbonyl (C=O) groups is 2. The van der Waals surface area contributed by atoms with Crippen molar-refractivity contribution in [2.75, 3.05) is 52.6 Å². The molecule has 0 spiro atoms. The van der Waals surface area contributed by atoms with Crippen LogP contribution < -0.4 is 10.1 Å². The van der Waals surface area contributed by atoms with E-state index in [9.17, 15) is 22.4 Å². The predicted octanol–water partition coefficient (Wildman–Crippen LogP) is 4.34.